The minimum Gasteiger partial charge on any atom is -0.393 e. The van der Waals surface area contributed by atoms with E-state index in [0.29, 0.717) is 24.8 Å². The van der Waals surface area contributed by atoms with Gasteiger partial charge in [-0.3, -0.25) is 0 Å². The van der Waals surface area contributed by atoms with E-state index in [0.717, 1.165) is 18.7 Å². The normalized spacial score (nSPS) is 30.2. The van der Waals surface area contributed by atoms with Gasteiger partial charge >= 0.3 is 6.18 Å². The number of aliphatic hydroxyl groups is 1. The van der Waals surface area contributed by atoms with Crippen LogP contribution in [-0.4, -0.2) is 29.3 Å². The van der Waals surface area contributed by atoms with Crippen LogP contribution in [0.5, 0.6) is 0 Å². The average molecular weight is 293 g/mol. The van der Waals surface area contributed by atoms with Crippen molar-refractivity contribution in [2.24, 2.45) is 11.8 Å². The van der Waals surface area contributed by atoms with Crippen LogP contribution in [0.25, 0.3) is 0 Å². The summed E-state index contributed by atoms with van der Waals surface area (Å²) in [5, 5.41) is 9.58. The van der Waals surface area contributed by atoms with Crippen molar-refractivity contribution in [1.29, 1.82) is 0 Å². The van der Waals surface area contributed by atoms with Crippen LogP contribution in [0.3, 0.4) is 0 Å². The predicted molar refractivity (Wildman–Crippen MR) is 64.1 cm³/mol. The molecule has 0 aromatic carbocycles. The monoisotopic (exact) mass is 292 g/mol. The Balaban J connectivity index is 1.83. The van der Waals surface area contributed by atoms with Crippen molar-refractivity contribution < 1.29 is 18.3 Å². The number of hydrogen-bond donors (Lipinski definition) is 1. The highest BCUT2D eigenvalue weighted by Crippen LogP contribution is 2.43. The fraction of sp³-hybridized carbons (Fsp3) is 0.583. The van der Waals surface area contributed by atoms with Gasteiger partial charge in [0.1, 0.15) is 5.82 Å². The molecule has 104 valence electrons. The fourth-order valence-corrected chi connectivity index (χ4v) is 3.15. The summed E-state index contributed by atoms with van der Waals surface area (Å²) < 4.78 is 37.6. The Kier molecular flexibility index (Phi) is 2.90. The van der Waals surface area contributed by atoms with Crippen LogP contribution in [0.2, 0.25) is 5.02 Å². The highest BCUT2D eigenvalue weighted by Gasteiger charge is 2.47. The molecule has 0 spiro atoms. The Hall–Kier alpha value is -1.01. The van der Waals surface area contributed by atoms with E-state index in [1.807, 2.05) is 4.90 Å². The molecule has 1 aliphatic carbocycles. The molecule has 0 amide bonds. The number of halogens is 4. The zero-order chi connectivity index (χ0) is 13.8. The number of anilines is 1. The maximum Gasteiger partial charge on any atom is 0.417 e. The van der Waals surface area contributed by atoms with Gasteiger partial charge in [-0.2, -0.15) is 13.2 Å². The third kappa shape index (κ3) is 2.17. The van der Waals surface area contributed by atoms with E-state index in [4.69, 9.17) is 11.6 Å². The Bertz CT molecular complexity index is 508. The SMILES string of the molecule is O[C@@H]1C[C@@H]2CN(c3ncc(C(F)(F)F)cc3Cl)C[C@@H]21. The lowest BCUT2D eigenvalue weighted by molar-refractivity contribution is -0.137. The first-order chi connectivity index (χ1) is 8.86. The van der Waals surface area contributed by atoms with Crippen LogP contribution in [0.1, 0.15) is 12.0 Å². The number of hydrogen-bond acceptors (Lipinski definition) is 3. The maximum absolute atomic E-state index is 12.5. The molecule has 0 radical (unpaired) electrons. The van der Waals surface area contributed by atoms with Gasteiger partial charge in [0.25, 0.3) is 0 Å². The van der Waals surface area contributed by atoms with Gasteiger partial charge in [-0.15, -0.1) is 0 Å². The molecule has 3 nitrogen and oxygen atoms in total. The summed E-state index contributed by atoms with van der Waals surface area (Å²) in [5.74, 6) is 0.964. The predicted octanol–water partition coefficient (Wildman–Crippen LogP) is 2.57. The maximum atomic E-state index is 12.5. The number of fused-ring (bicyclic) bond motifs is 1. The highest BCUT2D eigenvalue weighted by atomic mass is 35.5. The lowest BCUT2D eigenvalue weighted by atomic mass is 9.74. The van der Waals surface area contributed by atoms with Crippen molar-refractivity contribution in [2.45, 2.75) is 18.7 Å². The van der Waals surface area contributed by atoms with Crippen LogP contribution >= 0.6 is 11.6 Å². The van der Waals surface area contributed by atoms with Crippen LogP contribution in [0, 0.1) is 11.8 Å². The van der Waals surface area contributed by atoms with E-state index in [9.17, 15) is 18.3 Å². The third-order valence-electron chi connectivity index (χ3n) is 3.98. The molecule has 0 bridgehead atoms. The summed E-state index contributed by atoms with van der Waals surface area (Å²) in [7, 11) is 0. The quantitative estimate of drug-likeness (QED) is 0.864. The smallest absolute Gasteiger partial charge is 0.393 e. The standard InChI is InChI=1S/C12H12ClF3N2O/c13-9-2-7(12(14,15)16)3-17-11(9)18-4-6-1-10(19)8(6)5-18/h2-3,6,8,10,19H,1,4-5H2/t6-,8+,10-/m1/s1. The van der Waals surface area contributed by atoms with Crippen LogP contribution in [-0.2, 0) is 6.18 Å². The first kappa shape index (κ1) is 13.0. The molecule has 1 saturated heterocycles. The van der Waals surface area contributed by atoms with Gasteiger partial charge in [0.2, 0.25) is 0 Å². The summed E-state index contributed by atoms with van der Waals surface area (Å²) in [6.45, 7) is 1.30. The third-order valence-corrected chi connectivity index (χ3v) is 4.26. The number of nitrogens with zero attached hydrogens (tertiary/aromatic N) is 2. The molecular weight excluding hydrogens is 281 g/mol. The molecule has 1 saturated carbocycles. The Morgan fingerprint density at radius 2 is 2.11 bits per heavy atom. The molecule has 0 unspecified atom stereocenters. The van der Waals surface area contributed by atoms with E-state index in [1.165, 1.54) is 0 Å². The van der Waals surface area contributed by atoms with Gasteiger partial charge < -0.3 is 10.0 Å². The van der Waals surface area contributed by atoms with Crippen molar-refractivity contribution in [2.75, 3.05) is 18.0 Å². The molecule has 3 atom stereocenters. The van der Waals surface area contributed by atoms with E-state index in [-0.39, 0.29) is 17.0 Å². The molecule has 2 aliphatic rings. The lowest BCUT2D eigenvalue weighted by Crippen LogP contribution is -2.39. The Labute approximate surface area is 113 Å². The zero-order valence-electron chi connectivity index (χ0n) is 9.86. The van der Waals surface area contributed by atoms with Gasteiger partial charge in [0.05, 0.1) is 16.7 Å². The van der Waals surface area contributed by atoms with Crippen molar-refractivity contribution in [3.63, 3.8) is 0 Å². The second-order valence-corrected chi connectivity index (χ2v) is 5.57. The van der Waals surface area contributed by atoms with E-state index in [2.05, 4.69) is 4.98 Å². The molecule has 1 aromatic heterocycles. The molecular formula is C12H12ClF3N2O. The topological polar surface area (TPSA) is 36.4 Å². The molecule has 3 rings (SSSR count). The number of aliphatic hydroxyl groups excluding tert-OH is 1. The van der Waals surface area contributed by atoms with Crippen LogP contribution in [0.15, 0.2) is 12.3 Å². The van der Waals surface area contributed by atoms with Gasteiger partial charge in [-0.1, -0.05) is 11.6 Å². The molecule has 1 N–H and O–H groups in total. The van der Waals surface area contributed by atoms with Crippen molar-refractivity contribution in [3.05, 3.63) is 22.8 Å². The molecule has 2 fully saturated rings. The molecule has 7 heteroatoms. The summed E-state index contributed by atoms with van der Waals surface area (Å²) in [4.78, 5) is 5.70. The summed E-state index contributed by atoms with van der Waals surface area (Å²) in [6, 6.07) is 0.903. The van der Waals surface area contributed by atoms with Crippen molar-refractivity contribution in [3.8, 4) is 0 Å². The fourth-order valence-electron chi connectivity index (χ4n) is 2.86. The largest absolute Gasteiger partial charge is 0.417 e. The lowest BCUT2D eigenvalue weighted by Gasteiger charge is -2.34. The van der Waals surface area contributed by atoms with Crippen molar-refractivity contribution in [1.82, 2.24) is 4.98 Å². The summed E-state index contributed by atoms with van der Waals surface area (Å²) in [6.07, 6.45) is -3.18. The molecule has 1 aliphatic heterocycles. The highest BCUT2D eigenvalue weighted by molar-refractivity contribution is 6.33. The number of pyridine rings is 1. The average Bonchev–Trinajstić information content (AvgIpc) is 2.65. The van der Waals surface area contributed by atoms with Crippen LogP contribution in [0.4, 0.5) is 19.0 Å². The summed E-state index contributed by atoms with van der Waals surface area (Å²) >= 11 is 5.90. The number of rotatable bonds is 1. The van der Waals surface area contributed by atoms with Crippen LogP contribution < -0.4 is 4.90 Å². The number of aromatic nitrogens is 1. The van der Waals surface area contributed by atoms with Gasteiger partial charge in [0.15, 0.2) is 0 Å². The zero-order valence-corrected chi connectivity index (χ0v) is 10.6. The van der Waals surface area contributed by atoms with E-state index >= 15 is 0 Å². The molecule has 2 heterocycles. The van der Waals surface area contributed by atoms with Gasteiger partial charge in [0, 0.05) is 25.2 Å². The van der Waals surface area contributed by atoms with Gasteiger partial charge in [-0.25, -0.2) is 4.98 Å². The Morgan fingerprint density at radius 1 is 1.37 bits per heavy atom. The second kappa shape index (κ2) is 4.24. The van der Waals surface area contributed by atoms with Gasteiger partial charge in [-0.05, 0) is 18.4 Å². The first-order valence-corrected chi connectivity index (χ1v) is 6.40. The minimum atomic E-state index is -4.44. The minimum absolute atomic E-state index is 0.00520. The molecule has 1 aromatic rings. The van der Waals surface area contributed by atoms with E-state index in [1.54, 1.807) is 0 Å². The Morgan fingerprint density at radius 3 is 2.63 bits per heavy atom. The second-order valence-electron chi connectivity index (χ2n) is 5.16. The summed E-state index contributed by atoms with van der Waals surface area (Å²) in [5.41, 5.74) is -0.844. The van der Waals surface area contributed by atoms with Crippen molar-refractivity contribution >= 4 is 17.4 Å². The first-order valence-electron chi connectivity index (χ1n) is 6.02. The van der Waals surface area contributed by atoms with E-state index < -0.39 is 11.7 Å². The number of alkyl halides is 3. The molecule has 19 heavy (non-hydrogen) atoms.